The van der Waals surface area contributed by atoms with E-state index in [1.165, 1.54) is 11.8 Å². The highest BCUT2D eigenvalue weighted by Gasteiger charge is 2.02. The number of anilines is 1. The van der Waals surface area contributed by atoms with E-state index in [2.05, 4.69) is 26.2 Å². The molecular formula is C9H11BrN2O2S. The fraction of sp³-hybridized carbons (Fsp3) is 0.333. The van der Waals surface area contributed by atoms with Crippen molar-refractivity contribution in [3.8, 4) is 0 Å². The summed E-state index contributed by atoms with van der Waals surface area (Å²) in [7, 11) is 0. The molecule has 0 radical (unpaired) electrons. The van der Waals surface area contributed by atoms with Gasteiger partial charge in [0.05, 0.1) is 12.4 Å². The van der Waals surface area contributed by atoms with Crippen LogP contribution in [0.3, 0.4) is 0 Å². The molecule has 15 heavy (non-hydrogen) atoms. The molecule has 0 aromatic carbocycles. The highest BCUT2D eigenvalue weighted by molar-refractivity contribution is 9.10. The highest BCUT2D eigenvalue weighted by atomic mass is 79.9. The van der Waals surface area contributed by atoms with E-state index in [1.54, 1.807) is 12.3 Å². The zero-order valence-corrected chi connectivity index (χ0v) is 10.3. The number of aliphatic hydroxyl groups is 1. The topological polar surface area (TPSA) is 62.2 Å². The second-order valence-corrected chi connectivity index (χ2v) is 4.71. The summed E-state index contributed by atoms with van der Waals surface area (Å²) in [5, 5.41) is 11.2. The molecule has 1 rings (SSSR count). The van der Waals surface area contributed by atoms with Crippen LogP contribution in [-0.2, 0) is 4.79 Å². The molecule has 82 valence electrons. The first-order valence-electron chi connectivity index (χ1n) is 4.32. The van der Waals surface area contributed by atoms with Gasteiger partial charge in [-0.15, -0.1) is 11.8 Å². The van der Waals surface area contributed by atoms with Crippen molar-refractivity contribution in [1.82, 2.24) is 4.98 Å². The van der Waals surface area contributed by atoms with Crippen LogP contribution in [0, 0.1) is 0 Å². The van der Waals surface area contributed by atoms with E-state index in [4.69, 9.17) is 5.11 Å². The quantitative estimate of drug-likeness (QED) is 0.807. The molecule has 0 fully saturated rings. The Hall–Kier alpha value is -0.590. The molecule has 0 aliphatic heterocycles. The summed E-state index contributed by atoms with van der Waals surface area (Å²) < 4.78 is 0.871. The molecule has 0 aliphatic carbocycles. The van der Waals surface area contributed by atoms with Crippen LogP contribution in [0.15, 0.2) is 22.8 Å². The van der Waals surface area contributed by atoms with E-state index in [-0.39, 0.29) is 12.5 Å². The lowest BCUT2D eigenvalue weighted by Gasteiger charge is -2.03. The van der Waals surface area contributed by atoms with Gasteiger partial charge in [-0.25, -0.2) is 4.98 Å². The summed E-state index contributed by atoms with van der Waals surface area (Å²) >= 11 is 4.64. The average Bonchev–Trinajstić information content (AvgIpc) is 2.22. The molecular weight excluding hydrogens is 280 g/mol. The number of rotatable bonds is 5. The third-order valence-electron chi connectivity index (χ3n) is 1.46. The van der Waals surface area contributed by atoms with E-state index in [0.29, 0.717) is 17.3 Å². The van der Waals surface area contributed by atoms with Gasteiger partial charge in [0, 0.05) is 16.4 Å². The number of halogens is 1. The highest BCUT2D eigenvalue weighted by Crippen LogP contribution is 2.10. The number of pyridine rings is 1. The minimum absolute atomic E-state index is 0.0917. The second-order valence-electron chi connectivity index (χ2n) is 2.69. The van der Waals surface area contributed by atoms with E-state index >= 15 is 0 Å². The molecule has 6 heteroatoms. The number of nitrogens with zero attached hydrogens (tertiary/aromatic N) is 1. The van der Waals surface area contributed by atoms with Crippen LogP contribution in [0.2, 0.25) is 0 Å². The van der Waals surface area contributed by atoms with Crippen molar-refractivity contribution in [2.75, 3.05) is 23.4 Å². The smallest absolute Gasteiger partial charge is 0.235 e. The number of hydrogen-bond donors (Lipinski definition) is 2. The standard InChI is InChI=1S/C9H11BrN2O2S/c10-7-1-2-8(11-5-7)12-9(14)6-15-4-3-13/h1-2,5,13H,3-4,6H2,(H,11,12,14). The Bertz CT molecular complexity index is 318. The summed E-state index contributed by atoms with van der Waals surface area (Å²) in [5.41, 5.74) is 0. The van der Waals surface area contributed by atoms with Gasteiger partial charge in [-0.05, 0) is 28.1 Å². The fourth-order valence-corrected chi connectivity index (χ4v) is 1.62. The number of carbonyl (C=O) groups is 1. The summed E-state index contributed by atoms with van der Waals surface area (Å²) in [6.45, 7) is 0.0917. The van der Waals surface area contributed by atoms with Crippen molar-refractivity contribution < 1.29 is 9.90 Å². The van der Waals surface area contributed by atoms with E-state index in [9.17, 15) is 4.79 Å². The second kappa shape index (κ2) is 6.81. The predicted octanol–water partition coefficient (Wildman–Crippen LogP) is 1.51. The van der Waals surface area contributed by atoms with Crippen molar-refractivity contribution >= 4 is 39.4 Å². The monoisotopic (exact) mass is 290 g/mol. The van der Waals surface area contributed by atoms with E-state index in [0.717, 1.165) is 4.47 Å². The zero-order valence-electron chi connectivity index (χ0n) is 7.94. The Labute approximate surface area is 101 Å². The Morgan fingerprint density at radius 1 is 1.60 bits per heavy atom. The Balaban J connectivity index is 2.34. The van der Waals surface area contributed by atoms with Crippen molar-refractivity contribution in [2.45, 2.75) is 0 Å². The third kappa shape index (κ3) is 5.15. The van der Waals surface area contributed by atoms with Gasteiger partial charge in [0.25, 0.3) is 0 Å². The van der Waals surface area contributed by atoms with Crippen molar-refractivity contribution in [3.05, 3.63) is 22.8 Å². The number of thioether (sulfide) groups is 1. The van der Waals surface area contributed by atoms with Gasteiger partial charge in [-0.1, -0.05) is 0 Å². The van der Waals surface area contributed by atoms with Crippen LogP contribution in [0.5, 0.6) is 0 Å². The van der Waals surface area contributed by atoms with E-state index in [1.807, 2.05) is 6.07 Å². The number of nitrogens with one attached hydrogen (secondary N) is 1. The Morgan fingerprint density at radius 3 is 3.00 bits per heavy atom. The van der Waals surface area contributed by atoms with Crippen LogP contribution in [-0.4, -0.2) is 34.1 Å². The number of aromatic nitrogens is 1. The van der Waals surface area contributed by atoms with Crippen LogP contribution in [0.25, 0.3) is 0 Å². The fourth-order valence-electron chi connectivity index (χ4n) is 0.858. The maximum absolute atomic E-state index is 11.3. The largest absolute Gasteiger partial charge is 0.396 e. The normalized spacial score (nSPS) is 10.0. The molecule has 0 unspecified atom stereocenters. The number of carbonyl (C=O) groups excluding carboxylic acids is 1. The zero-order chi connectivity index (χ0) is 11.1. The molecule has 0 aliphatic rings. The SMILES string of the molecule is O=C(CSCCO)Nc1ccc(Br)cn1. The first-order valence-corrected chi connectivity index (χ1v) is 6.27. The molecule has 4 nitrogen and oxygen atoms in total. The van der Waals surface area contributed by atoms with Gasteiger partial charge in [0.2, 0.25) is 5.91 Å². The Morgan fingerprint density at radius 2 is 2.40 bits per heavy atom. The molecule has 1 aromatic heterocycles. The third-order valence-corrected chi connectivity index (χ3v) is 2.87. The predicted molar refractivity (Wildman–Crippen MR) is 65.0 cm³/mol. The molecule has 0 saturated heterocycles. The lowest BCUT2D eigenvalue weighted by molar-refractivity contribution is -0.113. The maximum Gasteiger partial charge on any atom is 0.235 e. The number of hydrogen-bond acceptors (Lipinski definition) is 4. The van der Waals surface area contributed by atoms with Crippen molar-refractivity contribution in [2.24, 2.45) is 0 Å². The first kappa shape index (κ1) is 12.5. The molecule has 1 heterocycles. The number of aliphatic hydroxyl groups excluding tert-OH is 1. The molecule has 0 atom stereocenters. The average molecular weight is 291 g/mol. The number of amides is 1. The van der Waals surface area contributed by atoms with E-state index < -0.39 is 0 Å². The Kier molecular flexibility index (Phi) is 5.67. The van der Waals surface area contributed by atoms with Gasteiger partial charge in [0.15, 0.2) is 0 Å². The summed E-state index contributed by atoms with van der Waals surface area (Å²) in [6, 6.07) is 3.53. The van der Waals surface area contributed by atoms with Gasteiger partial charge >= 0.3 is 0 Å². The van der Waals surface area contributed by atoms with Gasteiger partial charge in [-0.2, -0.15) is 0 Å². The lowest BCUT2D eigenvalue weighted by Crippen LogP contribution is -2.15. The summed E-state index contributed by atoms with van der Waals surface area (Å²) in [5.74, 6) is 1.33. The first-order chi connectivity index (χ1) is 7.22. The van der Waals surface area contributed by atoms with Crippen molar-refractivity contribution in [3.63, 3.8) is 0 Å². The van der Waals surface area contributed by atoms with Gasteiger partial charge in [0.1, 0.15) is 5.82 Å². The minimum atomic E-state index is -0.108. The molecule has 0 saturated carbocycles. The van der Waals surface area contributed by atoms with Gasteiger partial charge in [-0.3, -0.25) is 4.79 Å². The van der Waals surface area contributed by atoms with Crippen LogP contribution < -0.4 is 5.32 Å². The van der Waals surface area contributed by atoms with Crippen LogP contribution >= 0.6 is 27.7 Å². The van der Waals surface area contributed by atoms with Crippen molar-refractivity contribution in [1.29, 1.82) is 0 Å². The minimum Gasteiger partial charge on any atom is -0.396 e. The lowest BCUT2D eigenvalue weighted by atomic mass is 10.4. The molecule has 0 spiro atoms. The molecule has 1 amide bonds. The van der Waals surface area contributed by atoms with Crippen LogP contribution in [0.4, 0.5) is 5.82 Å². The molecule has 2 N–H and O–H groups in total. The summed E-state index contributed by atoms with van der Waals surface area (Å²) in [6.07, 6.45) is 1.62. The van der Waals surface area contributed by atoms with Crippen LogP contribution in [0.1, 0.15) is 0 Å². The molecule has 0 bridgehead atoms. The molecule has 1 aromatic rings. The maximum atomic E-state index is 11.3. The van der Waals surface area contributed by atoms with Gasteiger partial charge < -0.3 is 10.4 Å². The summed E-state index contributed by atoms with van der Waals surface area (Å²) in [4.78, 5) is 15.3.